The molecule has 1 unspecified atom stereocenters. The van der Waals surface area contributed by atoms with E-state index in [9.17, 15) is 24.0 Å². The van der Waals surface area contributed by atoms with Crippen LogP contribution in [-0.4, -0.2) is 130 Å². The molecule has 0 saturated carbocycles. The van der Waals surface area contributed by atoms with Gasteiger partial charge in [-0.25, -0.2) is 0 Å². The number of nitrogens with two attached hydrogens (primary N) is 1. The zero-order chi connectivity index (χ0) is 40.4. The first-order valence-electron chi connectivity index (χ1n) is 18.7. The van der Waals surface area contributed by atoms with Gasteiger partial charge in [0.2, 0.25) is 11.8 Å². The number of esters is 1. The molecule has 0 spiro atoms. The second kappa shape index (κ2) is 30.6. The van der Waals surface area contributed by atoms with E-state index in [0.29, 0.717) is 102 Å². The highest BCUT2D eigenvalue weighted by atomic mass is 32.1. The molecule has 3 aromatic rings. The normalized spacial score (nSPS) is 13.4. The number of hydrogen-bond donors (Lipinski definition) is 5. The minimum atomic E-state index is -0.618. The van der Waals surface area contributed by atoms with Crippen LogP contribution < -0.4 is 27.0 Å². The van der Waals surface area contributed by atoms with E-state index in [1.54, 1.807) is 42.5 Å². The highest BCUT2D eigenvalue weighted by molar-refractivity contribution is 7.20. The van der Waals surface area contributed by atoms with Crippen LogP contribution >= 0.6 is 11.3 Å². The number of nitrogens with one attached hydrogen (secondary N) is 4. The summed E-state index contributed by atoms with van der Waals surface area (Å²) in [6, 6.07) is 13.2. The lowest BCUT2D eigenvalue weighted by atomic mass is 10.1. The van der Waals surface area contributed by atoms with Crippen LogP contribution in [0.3, 0.4) is 0 Å². The number of thiophene rings is 1. The molecule has 2 heterocycles. The van der Waals surface area contributed by atoms with E-state index in [1.807, 2.05) is 13.0 Å². The Labute approximate surface area is 347 Å². The number of fused-ring (bicyclic) bond motifs is 1. The Kier molecular flexibility index (Phi) is 27.2. The molecule has 18 heteroatoms. The minimum absolute atomic E-state index is 0. The molecule has 1 aliphatic heterocycles. The second-order valence-corrected chi connectivity index (χ2v) is 13.3. The fourth-order valence-corrected chi connectivity index (χ4v) is 6.09. The van der Waals surface area contributed by atoms with Gasteiger partial charge in [0.15, 0.2) is 0 Å². The third-order valence-electron chi connectivity index (χ3n) is 8.02. The van der Waals surface area contributed by atoms with Gasteiger partial charge in [0, 0.05) is 38.5 Å². The molecule has 1 aliphatic rings. The zero-order valence-corrected chi connectivity index (χ0v) is 33.6. The van der Waals surface area contributed by atoms with Crippen LogP contribution in [0.4, 0.5) is 11.4 Å². The van der Waals surface area contributed by atoms with Gasteiger partial charge in [0.25, 0.3) is 11.8 Å². The summed E-state index contributed by atoms with van der Waals surface area (Å²) in [5.74, 6) is -1.41. The molecule has 4 amide bonds. The fourth-order valence-electron chi connectivity index (χ4n) is 5.16. The van der Waals surface area contributed by atoms with Crippen molar-refractivity contribution in [2.75, 3.05) is 96.9 Å². The third kappa shape index (κ3) is 19.8. The average molecular weight is 829 g/mol. The maximum absolute atomic E-state index is 13.2. The molecule has 1 atom stereocenters. The summed E-state index contributed by atoms with van der Waals surface area (Å²) in [5.41, 5.74) is 6.56. The number of methoxy groups -OCH3 is 1. The first kappa shape index (κ1) is 51.6. The predicted molar refractivity (Wildman–Crippen MR) is 226 cm³/mol. The molecule has 3 radical (unpaired) electrons. The van der Waals surface area contributed by atoms with Gasteiger partial charge in [-0.2, -0.15) is 0 Å². The van der Waals surface area contributed by atoms with Crippen LogP contribution in [0.1, 0.15) is 66.5 Å². The van der Waals surface area contributed by atoms with Crippen molar-refractivity contribution < 1.29 is 52.4 Å². The maximum Gasteiger partial charge on any atom is 0.307 e. The van der Waals surface area contributed by atoms with E-state index in [2.05, 4.69) is 26.0 Å². The Bertz CT molecular complexity index is 1680. The Balaban J connectivity index is 0.00000137. The first-order chi connectivity index (χ1) is 27.2. The lowest BCUT2D eigenvalue weighted by Crippen LogP contribution is -2.45. The van der Waals surface area contributed by atoms with Crippen molar-refractivity contribution >= 4 is 70.8 Å². The van der Waals surface area contributed by atoms with Crippen LogP contribution in [0.5, 0.6) is 0 Å². The molecular formula is C40H59BN5O11S. The zero-order valence-electron chi connectivity index (χ0n) is 32.8. The number of carbonyl (C=O) groups excluding carboxylic acids is 5. The maximum atomic E-state index is 13.2. The summed E-state index contributed by atoms with van der Waals surface area (Å²) in [5, 5.41) is 12.1. The summed E-state index contributed by atoms with van der Waals surface area (Å²) in [4.78, 5) is 61.8. The van der Waals surface area contributed by atoms with Crippen molar-refractivity contribution in [1.29, 1.82) is 0 Å². The van der Waals surface area contributed by atoms with Gasteiger partial charge in [-0.15, -0.1) is 11.3 Å². The molecule has 4 rings (SSSR count). The highest BCUT2D eigenvalue weighted by Crippen LogP contribution is 2.29. The highest BCUT2D eigenvalue weighted by Gasteiger charge is 2.24. The topological polar surface area (TPSA) is 215 Å². The summed E-state index contributed by atoms with van der Waals surface area (Å²) >= 11 is 1.30. The monoisotopic (exact) mass is 828 g/mol. The smallest absolute Gasteiger partial charge is 0.307 e. The van der Waals surface area contributed by atoms with Crippen molar-refractivity contribution in [3.8, 4) is 0 Å². The summed E-state index contributed by atoms with van der Waals surface area (Å²) in [6.07, 6.45) is 2.79. The van der Waals surface area contributed by atoms with Gasteiger partial charge in [0.1, 0.15) is 6.04 Å². The molecule has 1 saturated heterocycles. The Morgan fingerprint density at radius 3 is 2.14 bits per heavy atom. The van der Waals surface area contributed by atoms with Crippen LogP contribution in [-0.2, 0) is 42.8 Å². The molecule has 1 aromatic heterocycles. The van der Waals surface area contributed by atoms with Crippen LogP contribution in [0.25, 0.3) is 10.1 Å². The van der Waals surface area contributed by atoms with Crippen molar-refractivity contribution in [3.63, 3.8) is 0 Å². The lowest BCUT2D eigenvalue weighted by Gasteiger charge is -2.17. The van der Waals surface area contributed by atoms with E-state index in [4.69, 9.17) is 29.4 Å². The summed E-state index contributed by atoms with van der Waals surface area (Å²) in [7, 11) is 1.37. The number of para-hydroxylation sites is 1. The van der Waals surface area contributed by atoms with E-state index < -0.39 is 11.9 Å². The number of rotatable bonds is 23. The molecule has 1 fully saturated rings. The number of ether oxygens (including phenoxy) is 6. The number of hydrogen-bond acceptors (Lipinski definition) is 13. The molecule has 0 bridgehead atoms. The van der Waals surface area contributed by atoms with E-state index in [1.165, 1.54) is 18.4 Å². The second-order valence-electron chi connectivity index (χ2n) is 12.2. The number of amides is 4. The van der Waals surface area contributed by atoms with Crippen molar-refractivity contribution in [2.45, 2.75) is 52.5 Å². The van der Waals surface area contributed by atoms with Crippen LogP contribution in [0.2, 0.25) is 0 Å². The molecule has 58 heavy (non-hydrogen) atoms. The van der Waals surface area contributed by atoms with Gasteiger partial charge in [0.05, 0.1) is 95.5 Å². The van der Waals surface area contributed by atoms with Crippen LogP contribution in [0, 0.1) is 0 Å². The molecule has 16 nitrogen and oxygen atoms in total. The van der Waals surface area contributed by atoms with Gasteiger partial charge < -0.3 is 55.4 Å². The Morgan fingerprint density at radius 1 is 0.810 bits per heavy atom. The molecule has 6 N–H and O–H groups in total. The fraction of sp³-hybridized carbons (Fsp3) is 0.525. The average Bonchev–Trinajstić information content (AvgIpc) is 3.53. The molecule has 2 aromatic carbocycles. The van der Waals surface area contributed by atoms with Crippen LogP contribution in [0.15, 0.2) is 48.5 Å². The van der Waals surface area contributed by atoms with Crippen molar-refractivity contribution in [1.82, 2.24) is 10.6 Å². The van der Waals surface area contributed by atoms with Gasteiger partial charge >= 0.3 is 5.97 Å². The van der Waals surface area contributed by atoms with Gasteiger partial charge in [-0.1, -0.05) is 19.6 Å². The first-order valence-corrected chi connectivity index (χ1v) is 19.5. The lowest BCUT2D eigenvalue weighted by molar-refractivity contribution is -0.141. The number of carbonyl (C=O) groups is 5. The largest absolute Gasteiger partial charge is 0.469 e. The quantitative estimate of drug-likeness (QED) is 0.0525. The molecule has 0 aliphatic carbocycles. The van der Waals surface area contributed by atoms with Crippen molar-refractivity contribution in [2.24, 2.45) is 5.73 Å². The number of benzene rings is 2. The SMILES string of the molecule is C.CCOCCC(=O)OC.NCCOCCOCCOCCOCCC(=O)Nc1ccc2sc(C(=O)Nc3ccccc3C(=O)NC3CCCCNC3=O)cc2c1.[B]. The van der Waals surface area contributed by atoms with Gasteiger partial charge in [-0.3, -0.25) is 24.0 Å². The third-order valence-corrected chi connectivity index (χ3v) is 9.13. The predicted octanol–water partition coefficient (Wildman–Crippen LogP) is 3.75. The molecular weight excluding hydrogens is 769 g/mol. The van der Waals surface area contributed by atoms with E-state index in [0.717, 1.165) is 22.9 Å². The number of anilines is 2. The Hall–Kier alpha value is -4.43. The van der Waals surface area contributed by atoms with Gasteiger partial charge in [-0.05, 0) is 68.0 Å². The van der Waals surface area contributed by atoms with E-state index >= 15 is 0 Å². The summed E-state index contributed by atoms with van der Waals surface area (Å²) < 4.78 is 31.7. The molecule has 319 valence electrons. The summed E-state index contributed by atoms with van der Waals surface area (Å²) in [6.45, 7) is 7.53. The van der Waals surface area contributed by atoms with E-state index in [-0.39, 0.29) is 58.1 Å². The standard InChI is InChI=1S/C33H43N5O8S.C6H12O3.CH4.B/c34-11-14-44-16-18-46-20-19-45-17-15-43-13-10-30(39)36-24-8-9-28-23(21-24)22-29(47-28)33(42)37-26-6-2-1-5-25(26)31(40)38-27-7-3-4-12-35-32(27)41;1-3-9-5-4-6(7)8-2;;/h1-2,5-6,8-9,21-22,27H,3-4,7,10-20,34H2,(H,35,41)(H,36,39)(H,37,42)(H,38,40);3-5H2,1-2H3;1H4;. The van der Waals surface area contributed by atoms with Crippen molar-refractivity contribution in [3.05, 3.63) is 59.0 Å². The minimum Gasteiger partial charge on any atom is -0.469 e. The Morgan fingerprint density at radius 2 is 1.47 bits per heavy atom.